The fourth-order valence-corrected chi connectivity index (χ4v) is 15.5. The van der Waals surface area contributed by atoms with Crippen molar-refractivity contribution >= 4 is 87.2 Å². The van der Waals surface area contributed by atoms with Crippen molar-refractivity contribution in [3.05, 3.63) is 158 Å². The normalized spacial score (nSPS) is 17.0. The van der Waals surface area contributed by atoms with E-state index in [9.17, 15) is 4.79 Å². The molecule has 0 radical (unpaired) electrons. The quantitative estimate of drug-likeness (QED) is 0.155. The lowest BCUT2D eigenvalue weighted by Gasteiger charge is -2.40. The highest BCUT2D eigenvalue weighted by Crippen LogP contribution is 2.49. The summed E-state index contributed by atoms with van der Waals surface area (Å²) in [6, 6.07) is 25.9. The van der Waals surface area contributed by atoms with Gasteiger partial charge in [0.25, 0.3) is 0 Å². The van der Waals surface area contributed by atoms with Gasteiger partial charge in [0.15, 0.2) is 21.7 Å². The molecule has 0 saturated heterocycles. The Bertz CT molecular complexity index is 4650. The van der Waals surface area contributed by atoms with E-state index >= 15 is 14.4 Å². The summed E-state index contributed by atoms with van der Waals surface area (Å²) in [5.41, 5.74) is 15.4. The lowest BCUT2D eigenvalue weighted by Crippen LogP contribution is -2.31. The average Bonchev–Trinajstić information content (AvgIpc) is 2.68. The van der Waals surface area contributed by atoms with Crippen LogP contribution in [0.5, 0.6) is 0 Å². The largest absolute Gasteiger partial charge is 0.341 e. The van der Waals surface area contributed by atoms with Crippen LogP contribution in [0.3, 0.4) is 0 Å². The van der Waals surface area contributed by atoms with Crippen LogP contribution < -0.4 is 21.7 Å². The molecule has 6 aromatic carbocycles. The molecule has 11 rings (SSSR count). The van der Waals surface area contributed by atoms with Crippen LogP contribution in [0, 0.1) is 0 Å². The Labute approximate surface area is 484 Å². The zero-order valence-electron chi connectivity index (χ0n) is 52.9. The van der Waals surface area contributed by atoms with Gasteiger partial charge in [0.05, 0.1) is 44.1 Å². The molecular weight excluding hydrogens is 1010 g/mol. The molecule has 428 valence electrons. The minimum atomic E-state index is -0.382. The first-order valence-corrected chi connectivity index (χ1v) is 30.8. The molecule has 4 heterocycles. The van der Waals surface area contributed by atoms with Crippen LogP contribution in [0.25, 0.3) is 87.2 Å². The van der Waals surface area contributed by atoms with Crippen LogP contribution >= 0.6 is 0 Å². The standard InChI is InChI=1S/C74H88N4O4/c1-21-75-59-29-44(40(7)8)43(39(5)6)25-47(59)67(79)51-31-62-52(32-61(51)75)68(80)48-26-45-41(9)37-74(19,20)58-36-66-50(28-57(58)73(17,18)38-42(10)46(45)30-60(48)76(62)22-2)70(82)54-34-63-53(33-64(54)78(66)24-4)69(81)49-27-55(71(11,12)13)56(72(14,15)16)35-65(49)77(63)23-3/h25-36,39-42H,21-24,37-38H2,1-20H3. The van der Waals surface area contributed by atoms with E-state index in [1.54, 1.807) is 0 Å². The highest BCUT2D eigenvalue weighted by Gasteiger charge is 2.38. The van der Waals surface area contributed by atoms with Crippen LogP contribution in [0.1, 0.15) is 219 Å². The number of benzene rings is 6. The molecule has 0 fully saturated rings. The molecule has 0 amide bonds. The van der Waals surface area contributed by atoms with E-state index in [0.29, 0.717) is 69.8 Å². The van der Waals surface area contributed by atoms with Gasteiger partial charge >= 0.3 is 0 Å². The molecule has 8 nitrogen and oxygen atoms in total. The van der Waals surface area contributed by atoms with Gasteiger partial charge in [0.2, 0.25) is 0 Å². The highest BCUT2D eigenvalue weighted by atomic mass is 16.1. The predicted octanol–water partition coefficient (Wildman–Crippen LogP) is 17.7. The van der Waals surface area contributed by atoms with Crippen molar-refractivity contribution in [1.82, 2.24) is 18.3 Å². The summed E-state index contributed by atoms with van der Waals surface area (Å²) in [6.07, 6.45) is 1.59. The van der Waals surface area contributed by atoms with Crippen molar-refractivity contribution in [1.29, 1.82) is 0 Å². The minimum absolute atomic E-state index is 0.00537. The van der Waals surface area contributed by atoms with E-state index in [4.69, 9.17) is 0 Å². The molecule has 0 spiro atoms. The van der Waals surface area contributed by atoms with Crippen molar-refractivity contribution in [3.63, 3.8) is 0 Å². The van der Waals surface area contributed by atoms with Crippen molar-refractivity contribution in [3.8, 4) is 0 Å². The molecule has 1 aliphatic rings. The predicted molar refractivity (Wildman–Crippen MR) is 350 cm³/mol. The second kappa shape index (κ2) is 19.4. The molecule has 0 saturated carbocycles. The number of aromatic nitrogens is 4. The second-order valence-electron chi connectivity index (χ2n) is 28.7. The first-order chi connectivity index (χ1) is 38.4. The van der Waals surface area contributed by atoms with E-state index < -0.39 is 0 Å². The molecule has 1 aliphatic carbocycles. The molecule has 0 bridgehead atoms. The number of hydrogen-bond donors (Lipinski definition) is 0. The third-order valence-electron chi connectivity index (χ3n) is 19.5. The Hall–Kier alpha value is -6.80. The Morgan fingerprint density at radius 2 is 0.671 bits per heavy atom. The number of rotatable bonds is 6. The van der Waals surface area contributed by atoms with E-state index in [-0.39, 0.29) is 61.1 Å². The Morgan fingerprint density at radius 1 is 0.390 bits per heavy atom. The van der Waals surface area contributed by atoms with Crippen LogP contribution in [0.15, 0.2) is 92.0 Å². The molecule has 4 aromatic heterocycles. The Kier molecular flexibility index (Phi) is 13.5. The third-order valence-corrected chi connectivity index (χ3v) is 19.5. The summed E-state index contributed by atoms with van der Waals surface area (Å²) >= 11 is 0. The van der Waals surface area contributed by atoms with E-state index in [1.807, 2.05) is 24.3 Å². The first kappa shape index (κ1) is 57.0. The van der Waals surface area contributed by atoms with Gasteiger partial charge in [0, 0.05) is 69.3 Å². The van der Waals surface area contributed by atoms with E-state index in [0.717, 1.165) is 62.4 Å². The summed E-state index contributed by atoms with van der Waals surface area (Å²) in [5.74, 6) is 0.706. The number of hydrogen-bond acceptors (Lipinski definition) is 4. The molecule has 2 atom stereocenters. The lowest BCUT2D eigenvalue weighted by atomic mass is 9.64. The molecule has 0 aliphatic heterocycles. The van der Waals surface area contributed by atoms with Gasteiger partial charge in [-0.1, -0.05) is 111 Å². The van der Waals surface area contributed by atoms with E-state index in [1.165, 1.54) is 44.5 Å². The van der Waals surface area contributed by atoms with Crippen LogP contribution in [-0.2, 0) is 47.8 Å². The van der Waals surface area contributed by atoms with Gasteiger partial charge in [-0.15, -0.1) is 0 Å². The van der Waals surface area contributed by atoms with Gasteiger partial charge in [-0.05, 0) is 203 Å². The SMILES string of the molecule is CCn1c2cc(C(C)C)c(C(C)C)cc2c(=O)c2cc3c(cc21)c(=O)c1cc2c(cc1n3CC)C(C)CC(C)(C)c1cc3c(=O)c4cc5c(cc4n(CC)c3cc1C(C)(C)CC2C)c(=O)c1cc(C(C)(C)C)c(C(C)(C)C)cc1n5CC. The van der Waals surface area contributed by atoms with Crippen molar-refractivity contribution < 1.29 is 0 Å². The maximum Gasteiger partial charge on any atom is 0.197 e. The van der Waals surface area contributed by atoms with Crippen LogP contribution in [0.4, 0.5) is 0 Å². The minimum Gasteiger partial charge on any atom is -0.341 e. The molecule has 10 aromatic rings. The number of fused-ring (bicyclic) bond motifs is 10. The zero-order chi connectivity index (χ0) is 59.5. The topological polar surface area (TPSA) is 88.0 Å². The number of pyridine rings is 4. The average molecular weight is 1100 g/mol. The molecule has 82 heavy (non-hydrogen) atoms. The van der Waals surface area contributed by atoms with Crippen molar-refractivity contribution in [2.45, 2.75) is 223 Å². The summed E-state index contributed by atoms with van der Waals surface area (Å²) in [4.78, 5) is 60.8. The van der Waals surface area contributed by atoms with Gasteiger partial charge < -0.3 is 18.3 Å². The Morgan fingerprint density at radius 3 is 1.06 bits per heavy atom. The highest BCUT2D eigenvalue weighted by molar-refractivity contribution is 6.06. The summed E-state index contributed by atoms with van der Waals surface area (Å²) in [5, 5.41) is 5.36. The van der Waals surface area contributed by atoms with Gasteiger partial charge in [-0.3, -0.25) is 19.2 Å². The molecular formula is C74H88N4O4. The smallest absolute Gasteiger partial charge is 0.197 e. The van der Waals surface area contributed by atoms with Gasteiger partial charge in [0.1, 0.15) is 0 Å². The Balaban J connectivity index is 1.12. The fraction of sp³-hybridized carbons (Fsp3) is 0.459. The number of nitrogens with zero attached hydrogens (tertiary/aromatic N) is 4. The monoisotopic (exact) mass is 1100 g/mol. The summed E-state index contributed by atoms with van der Waals surface area (Å²) in [7, 11) is 0. The first-order valence-electron chi connectivity index (χ1n) is 30.8. The fourth-order valence-electron chi connectivity index (χ4n) is 15.5. The van der Waals surface area contributed by atoms with Gasteiger partial charge in [-0.2, -0.15) is 0 Å². The van der Waals surface area contributed by atoms with E-state index in [2.05, 4.69) is 205 Å². The summed E-state index contributed by atoms with van der Waals surface area (Å²) in [6.45, 7) is 47.3. The van der Waals surface area contributed by atoms with Crippen molar-refractivity contribution in [2.24, 2.45) is 0 Å². The molecule has 0 N–H and O–H groups in total. The summed E-state index contributed by atoms with van der Waals surface area (Å²) < 4.78 is 9.02. The molecule has 8 heteroatoms. The second-order valence-corrected chi connectivity index (χ2v) is 28.7. The van der Waals surface area contributed by atoms with Crippen molar-refractivity contribution in [2.75, 3.05) is 0 Å². The lowest BCUT2D eigenvalue weighted by molar-refractivity contribution is 0.386. The third kappa shape index (κ3) is 8.55. The van der Waals surface area contributed by atoms with Gasteiger partial charge in [-0.25, -0.2) is 0 Å². The zero-order valence-corrected chi connectivity index (χ0v) is 52.9. The molecule has 2 unspecified atom stereocenters. The van der Waals surface area contributed by atoms with Crippen LogP contribution in [-0.4, -0.2) is 18.3 Å². The maximum absolute atomic E-state index is 15.5. The van der Waals surface area contributed by atoms with Crippen LogP contribution in [0.2, 0.25) is 0 Å². The maximum atomic E-state index is 15.5. The number of aryl methyl sites for hydroxylation is 4.